The number of benzene rings is 2. The maximum absolute atomic E-state index is 5.48. The monoisotopic (exact) mass is 396 g/mol. The van der Waals surface area contributed by atoms with Crippen molar-refractivity contribution in [3.8, 4) is 34.4 Å². The molecule has 28 heavy (non-hydrogen) atoms. The third-order valence-corrected chi connectivity index (χ3v) is 5.45. The van der Waals surface area contributed by atoms with Gasteiger partial charge in [0, 0.05) is 16.9 Å². The molecule has 0 amide bonds. The van der Waals surface area contributed by atoms with E-state index in [2.05, 4.69) is 10.2 Å². The van der Waals surface area contributed by atoms with Crippen LogP contribution in [0.4, 0.5) is 0 Å². The maximum Gasteiger partial charge on any atom is 0.231 e. The van der Waals surface area contributed by atoms with Gasteiger partial charge in [-0.2, -0.15) is 9.78 Å². The summed E-state index contributed by atoms with van der Waals surface area (Å²) >= 11 is 1.59. The number of hydrogen-bond acceptors (Lipinski definition) is 8. The molecule has 0 unspecified atom stereocenters. The highest BCUT2D eigenvalue weighted by Crippen LogP contribution is 2.36. The first kappa shape index (κ1) is 16.9. The lowest BCUT2D eigenvalue weighted by atomic mass is 10.1. The van der Waals surface area contributed by atoms with Gasteiger partial charge < -0.3 is 18.9 Å². The van der Waals surface area contributed by atoms with E-state index < -0.39 is 0 Å². The molecule has 1 aromatic heterocycles. The molecule has 8 nitrogen and oxygen atoms in total. The van der Waals surface area contributed by atoms with E-state index in [1.165, 1.54) is 0 Å². The molecule has 3 heterocycles. The molecule has 0 fully saturated rings. The number of fused-ring (bicyclic) bond motifs is 2. The second-order valence-electron chi connectivity index (χ2n) is 6.09. The molecule has 0 N–H and O–H groups in total. The average Bonchev–Trinajstić information content (AvgIpc) is 3.38. The van der Waals surface area contributed by atoms with Crippen molar-refractivity contribution in [2.24, 2.45) is 5.10 Å². The van der Waals surface area contributed by atoms with Gasteiger partial charge >= 0.3 is 0 Å². The van der Waals surface area contributed by atoms with Gasteiger partial charge in [0.2, 0.25) is 11.9 Å². The molecule has 0 saturated carbocycles. The number of rotatable bonds is 4. The predicted molar refractivity (Wildman–Crippen MR) is 104 cm³/mol. The van der Waals surface area contributed by atoms with Crippen LogP contribution in [0.25, 0.3) is 11.4 Å². The van der Waals surface area contributed by atoms with Crippen molar-refractivity contribution < 1.29 is 18.9 Å². The molecule has 0 bridgehead atoms. The Morgan fingerprint density at radius 3 is 2.61 bits per heavy atom. The van der Waals surface area contributed by atoms with Crippen LogP contribution in [0.1, 0.15) is 5.56 Å². The number of aromatic nitrogens is 3. The van der Waals surface area contributed by atoms with Gasteiger partial charge in [-0.05, 0) is 36.4 Å². The van der Waals surface area contributed by atoms with Gasteiger partial charge in [0.25, 0.3) is 0 Å². The van der Waals surface area contributed by atoms with Crippen LogP contribution in [-0.2, 0) is 0 Å². The van der Waals surface area contributed by atoms with Gasteiger partial charge in [-0.15, -0.1) is 10.2 Å². The molecule has 0 atom stereocenters. The van der Waals surface area contributed by atoms with Gasteiger partial charge in [-0.25, -0.2) is 0 Å². The number of nitrogens with zero attached hydrogens (tertiary/aromatic N) is 4. The Hall–Kier alpha value is -3.20. The minimum atomic E-state index is 0.249. The first-order chi connectivity index (χ1) is 13.8. The third-order valence-electron chi connectivity index (χ3n) is 4.52. The number of methoxy groups -OCH3 is 2. The predicted octanol–water partition coefficient (Wildman–Crippen LogP) is 3.05. The molecule has 3 aromatic rings. The van der Waals surface area contributed by atoms with Crippen LogP contribution >= 0.6 is 11.8 Å². The fourth-order valence-electron chi connectivity index (χ4n) is 3.10. The quantitative estimate of drug-likeness (QED) is 0.670. The topological polar surface area (TPSA) is 80.0 Å². The van der Waals surface area contributed by atoms with Crippen LogP contribution in [0.15, 0.2) is 46.7 Å². The molecule has 2 aliphatic heterocycles. The Morgan fingerprint density at radius 1 is 0.929 bits per heavy atom. The summed E-state index contributed by atoms with van der Waals surface area (Å²) in [6, 6.07) is 11.5. The lowest BCUT2D eigenvalue weighted by Crippen LogP contribution is -2.13. The highest BCUT2D eigenvalue weighted by atomic mass is 32.2. The lowest BCUT2D eigenvalue weighted by Gasteiger charge is -2.15. The van der Waals surface area contributed by atoms with Crippen molar-refractivity contribution in [1.29, 1.82) is 0 Å². The van der Waals surface area contributed by atoms with Gasteiger partial charge in [-0.3, -0.25) is 0 Å². The Balaban J connectivity index is 1.55. The lowest BCUT2D eigenvalue weighted by molar-refractivity contribution is 0.174. The number of ether oxygens (including phenoxy) is 4. The van der Waals surface area contributed by atoms with Gasteiger partial charge in [-0.1, -0.05) is 11.8 Å². The second kappa shape index (κ2) is 6.75. The fraction of sp³-hybridized carbons (Fsp3) is 0.211. The van der Waals surface area contributed by atoms with Crippen LogP contribution in [0, 0.1) is 0 Å². The summed E-state index contributed by atoms with van der Waals surface area (Å²) in [5.74, 6) is 4.11. The Bertz CT molecular complexity index is 1100. The largest absolute Gasteiger partial charge is 0.493 e. The zero-order valence-corrected chi connectivity index (χ0v) is 16.0. The van der Waals surface area contributed by atoms with E-state index in [0.29, 0.717) is 23.1 Å². The SMILES string of the molecule is COc1ccc(-c2nnc3n2N=C(c2ccc4c(c2)OCO4)CS3)cc1OC. The van der Waals surface area contributed by atoms with Crippen LogP contribution < -0.4 is 18.9 Å². The molecule has 0 radical (unpaired) electrons. The summed E-state index contributed by atoms with van der Waals surface area (Å²) in [6.45, 7) is 0.249. The minimum absolute atomic E-state index is 0.249. The van der Waals surface area contributed by atoms with E-state index in [1.807, 2.05) is 36.4 Å². The molecule has 142 valence electrons. The van der Waals surface area contributed by atoms with E-state index in [-0.39, 0.29) is 6.79 Å². The summed E-state index contributed by atoms with van der Waals surface area (Å²) in [4.78, 5) is 0. The van der Waals surface area contributed by atoms with Crippen molar-refractivity contribution in [3.63, 3.8) is 0 Å². The van der Waals surface area contributed by atoms with Gasteiger partial charge in [0.05, 0.1) is 19.9 Å². The summed E-state index contributed by atoms with van der Waals surface area (Å²) in [5.41, 5.74) is 2.74. The first-order valence-corrected chi connectivity index (χ1v) is 9.54. The molecular formula is C19H16N4O4S. The fourth-order valence-corrected chi connectivity index (χ4v) is 3.94. The Labute approximate surface area is 165 Å². The Morgan fingerprint density at radius 2 is 1.75 bits per heavy atom. The summed E-state index contributed by atoms with van der Waals surface area (Å²) in [5, 5.41) is 14.1. The second-order valence-corrected chi connectivity index (χ2v) is 7.03. The molecule has 0 spiro atoms. The van der Waals surface area contributed by atoms with Gasteiger partial charge in [0.1, 0.15) is 0 Å². The zero-order chi connectivity index (χ0) is 19.1. The number of hydrogen-bond donors (Lipinski definition) is 0. The van der Waals surface area contributed by atoms with E-state index in [1.54, 1.807) is 30.7 Å². The average molecular weight is 396 g/mol. The van der Waals surface area contributed by atoms with E-state index in [9.17, 15) is 0 Å². The van der Waals surface area contributed by atoms with Crippen molar-refractivity contribution in [2.75, 3.05) is 26.8 Å². The summed E-state index contributed by atoms with van der Waals surface area (Å²) < 4.78 is 23.3. The van der Waals surface area contributed by atoms with Crippen molar-refractivity contribution in [3.05, 3.63) is 42.0 Å². The number of thioether (sulfide) groups is 1. The van der Waals surface area contributed by atoms with E-state index in [0.717, 1.165) is 33.5 Å². The van der Waals surface area contributed by atoms with E-state index in [4.69, 9.17) is 24.0 Å². The summed E-state index contributed by atoms with van der Waals surface area (Å²) in [6.07, 6.45) is 0. The molecule has 0 saturated heterocycles. The standard InChI is InChI=1S/C19H16N4O4S/c1-24-14-5-4-12(8-16(14)25-2)18-20-21-19-23(18)22-13(9-28-19)11-3-6-15-17(7-11)27-10-26-15/h3-8H,9-10H2,1-2H3. The molecule has 2 aromatic carbocycles. The van der Waals surface area contributed by atoms with Crippen molar-refractivity contribution >= 4 is 17.5 Å². The van der Waals surface area contributed by atoms with Crippen molar-refractivity contribution in [2.45, 2.75) is 5.16 Å². The summed E-state index contributed by atoms with van der Waals surface area (Å²) in [7, 11) is 3.21. The Kier molecular flexibility index (Phi) is 4.09. The molecule has 2 aliphatic rings. The molecular weight excluding hydrogens is 380 g/mol. The highest BCUT2D eigenvalue weighted by Gasteiger charge is 2.23. The smallest absolute Gasteiger partial charge is 0.231 e. The molecule has 9 heteroatoms. The van der Waals surface area contributed by atoms with Crippen molar-refractivity contribution in [1.82, 2.24) is 14.9 Å². The normalized spacial score (nSPS) is 14.4. The minimum Gasteiger partial charge on any atom is -0.493 e. The van der Waals surface area contributed by atoms with Crippen LogP contribution in [-0.4, -0.2) is 47.4 Å². The molecule has 5 rings (SSSR count). The maximum atomic E-state index is 5.48. The van der Waals surface area contributed by atoms with Crippen LogP contribution in [0.5, 0.6) is 23.0 Å². The van der Waals surface area contributed by atoms with Crippen LogP contribution in [0.2, 0.25) is 0 Å². The van der Waals surface area contributed by atoms with Crippen LogP contribution in [0.3, 0.4) is 0 Å². The van der Waals surface area contributed by atoms with E-state index >= 15 is 0 Å². The van der Waals surface area contributed by atoms with Gasteiger partial charge in [0.15, 0.2) is 28.8 Å². The first-order valence-electron chi connectivity index (χ1n) is 8.55. The zero-order valence-electron chi connectivity index (χ0n) is 15.2. The highest BCUT2D eigenvalue weighted by molar-refractivity contribution is 7.99. The third kappa shape index (κ3) is 2.75. The molecule has 0 aliphatic carbocycles.